The molecule has 0 aromatic heterocycles. The highest BCUT2D eigenvalue weighted by Gasteiger charge is 2.22. The molecule has 0 fully saturated rings. The Balaban J connectivity index is 4.26. The van der Waals surface area contributed by atoms with E-state index in [2.05, 4.69) is 27.7 Å². The zero-order chi connectivity index (χ0) is 14.0. The van der Waals surface area contributed by atoms with Crippen molar-refractivity contribution in [1.29, 1.82) is 0 Å². The van der Waals surface area contributed by atoms with E-state index >= 15 is 0 Å². The molecule has 0 aliphatic rings. The molecule has 1 N–H and O–H groups in total. The summed E-state index contributed by atoms with van der Waals surface area (Å²) >= 11 is 0. The van der Waals surface area contributed by atoms with Crippen LogP contribution >= 0.6 is 0 Å². The lowest BCUT2D eigenvalue weighted by Gasteiger charge is -2.22. The summed E-state index contributed by atoms with van der Waals surface area (Å²) < 4.78 is 0. The van der Waals surface area contributed by atoms with Gasteiger partial charge in [0.05, 0.1) is 5.92 Å². The first-order chi connectivity index (χ1) is 8.51. The average molecular weight is 256 g/mol. The highest BCUT2D eigenvalue weighted by atomic mass is 16.4. The highest BCUT2D eigenvalue weighted by Crippen LogP contribution is 2.27. The molecule has 2 unspecified atom stereocenters. The maximum Gasteiger partial charge on any atom is 0.306 e. The SMILES string of the molecule is CCCCCC(CCC)CC(CC(C)C)C(=O)O. The van der Waals surface area contributed by atoms with Crippen molar-refractivity contribution in [2.24, 2.45) is 17.8 Å². The normalized spacial score (nSPS) is 14.7. The summed E-state index contributed by atoms with van der Waals surface area (Å²) in [6, 6.07) is 0. The Hall–Kier alpha value is -0.530. The summed E-state index contributed by atoms with van der Waals surface area (Å²) in [5, 5.41) is 9.31. The highest BCUT2D eigenvalue weighted by molar-refractivity contribution is 5.69. The number of unbranched alkanes of at least 4 members (excludes halogenated alkanes) is 2. The van der Waals surface area contributed by atoms with Crippen molar-refractivity contribution in [1.82, 2.24) is 0 Å². The smallest absolute Gasteiger partial charge is 0.306 e. The molecule has 0 spiro atoms. The summed E-state index contributed by atoms with van der Waals surface area (Å²) in [5.41, 5.74) is 0. The number of hydrogen-bond acceptors (Lipinski definition) is 1. The van der Waals surface area contributed by atoms with Crippen molar-refractivity contribution < 1.29 is 9.90 Å². The van der Waals surface area contributed by atoms with E-state index in [-0.39, 0.29) is 5.92 Å². The number of rotatable bonds is 11. The molecule has 0 saturated heterocycles. The van der Waals surface area contributed by atoms with E-state index in [9.17, 15) is 9.90 Å². The molecule has 0 aliphatic heterocycles. The minimum atomic E-state index is -0.597. The van der Waals surface area contributed by atoms with Crippen LogP contribution in [0.4, 0.5) is 0 Å². The fraction of sp³-hybridized carbons (Fsp3) is 0.938. The Morgan fingerprint density at radius 2 is 1.67 bits per heavy atom. The minimum absolute atomic E-state index is 0.136. The molecule has 2 heteroatoms. The number of carboxylic acid groups (broad SMARTS) is 1. The van der Waals surface area contributed by atoms with Gasteiger partial charge in [-0.2, -0.15) is 0 Å². The Morgan fingerprint density at radius 1 is 1.00 bits per heavy atom. The lowest BCUT2D eigenvalue weighted by Crippen LogP contribution is -2.20. The first-order valence-corrected chi connectivity index (χ1v) is 7.73. The Morgan fingerprint density at radius 3 is 2.11 bits per heavy atom. The number of hydrogen-bond donors (Lipinski definition) is 1. The molecule has 0 amide bonds. The fourth-order valence-electron chi connectivity index (χ4n) is 2.74. The van der Waals surface area contributed by atoms with E-state index in [0.29, 0.717) is 11.8 Å². The number of aliphatic carboxylic acids is 1. The fourth-order valence-corrected chi connectivity index (χ4v) is 2.74. The number of carboxylic acids is 1. The van der Waals surface area contributed by atoms with Crippen LogP contribution in [0.2, 0.25) is 0 Å². The van der Waals surface area contributed by atoms with Crippen LogP contribution in [0, 0.1) is 17.8 Å². The van der Waals surface area contributed by atoms with E-state index in [1.54, 1.807) is 0 Å². The molecule has 2 atom stereocenters. The summed E-state index contributed by atoms with van der Waals surface area (Å²) in [7, 11) is 0. The van der Waals surface area contributed by atoms with E-state index in [4.69, 9.17) is 0 Å². The second-order valence-corrected chi connectivity index (χ2v) is 6.05. The Kier molecular flexibility index (Phi) is 10.1. The van der Waals surface area contributed by atoms with Crippen LogP contribution in [0.3, 0.4) is 0 Å². The van der Waals surface area contributed by atoms with Gasteiger partial charge >= 0.3 is 5.97 Å². The topological polar surface area (TPSA) is 37.3 Å². The Bertz CT molecular complexity index is 211. The van der Waals surface area contributed by atoms with Gasteiger partial charge in [0.25, 0.3) is 0 Å². The van der Waals surface area contributed by atoms with Crippen LogP contribution in [0.25, 0.3) is 0 Å². The molecule has 0 saturated carbocycles. The summed E-state index contributed by atoms with van der Waals surface area (Å²) in [5.74, 6) is 0.355. The number of carbonyl (C=O) groups is 1. The van der Waals surface area contributed by atoms with E-state index in [1.165, 1.54) is 38.5 Å². The van der Waals surface area contributed by atoms with Gasteiger partial charge in [0.15, 0.2) is 0 Å². The zero-order valence-corrected chi connectivity index (χ0v) is 12.7. The van der Waals surface area contributed by atoms with Crippen LogP contribution in [0.15, 0.2) is 0 Å². The molecular formula is C16H32O2. The van der Waals surface area contributed by atoms with Crippen LogP contribution in [0.1, 0.15) is 79.1 Å². The molecule has 108 valence electrons. The lowest BCUT2D eigenvalue weighted by atomic mass is 9.83. The maximum absolute atomic E-state index is 11.3. The third kappa shape index (κ3) is 8.54. The van der Waals surface area contributed by atoms with Gasteiger partial charge in [-0.1, -0.05) is 66.2 Å². The molecule has 2 nitrogen and oxygen atoms in total. The first-order valence-electron chi connectivity index (χ1n) is 7.73. The van der Waals surface area contributed by atoms with Gasteiger partial charge in [-0.15, -0.1) is 0 Å². The molecule has 0 aromatic rings. The molecule has 18 heavy (non-hydrogen) atoms. The quantitative estimate of drug-likeness (QED) is 0.521. The minimum Gasteiger partial charge on any atom is -0.481 e. The predicted molar refractivity (Wildman–Crippen MR) is 77.7 cm³/mol. The molecule has 0 rings (SSSR count). The maximum atomic E-state index is 11.3. The summed E-state index contributed by atoms with van der Waals surface area (Å²) in [6.45, 7) is 8.64. The summed E-state index contributed by atoms with van der Waals surface area (Å²) in [4.78, 5) is 11.3. The van der Waals surface area contributed by atoms with Gasteiger partial charge in [-0.3, -0.25) is 4.79 Å². The second kappa shape index (κ2) is 10.4. The van der Waals surface area contributed by atoms with Gasteiger partial charge in [0.1, 0.15) is 0 Å². The Labute approximate surface area is 113 Å². The van der Waals surface area contributed by atoms with Crippen molar-refractivity contribution in [3.05, 3.63) is 0 Å². The molecular weight excluding hydrogens is 224 g/mol. The third-order valence-electron chi connectivity index (χ3n) is 3.64. The monoisotopic (exact) mass is 256 g/mol. The standard InChI is InChI=1S/C16H32O2/c1-5-7-8-10-14(9-6-2)12-15(16(17)18)11-13(3)4/h13-15H,5-12H2,1-4H3,(H,17,18). The van der Waals surface area contributed by atoms with Gasteiger partial charge in [0, 0.05) is 0 Å². The average Bonchev–Trinajstić information content (AvgIpc) is 2.27. The molecule has 0 radical (unpaired) electrons. The van der Waals surface area contributed by atoms with Crippen LogP contribution in [-0.4, -0.2) is 11.1 Å². The summed E-state index contributed by atoms with van der Waals surface area (Å²) in [6.07, 6.45) is 9.05. The molecule has 0 heterocycles. The van der Waals surface area contributed by atoms with Gasteiger partial charge in [-0.25, -0.2) is 0 Å². The molecule has 0 bridgehead atoms. The van der Waals surface area contributed by atoms with Crippen LogP contribution in [0.5, 0.6) is 0 Å². The van der Waals surface area contributed by atoms with Crippen molar-refractivity contribution in [3.63, 3.8) is 0 Å². The molecule has 0 aromatic carbocycles. The van der Waals surface area contributed by atoms with Crippen molar-refractivity contribution >= 4 is 5.97 Å². The van der Waals surface area contributed by atoms with Gasteiger partial charge in [0.2, 0.25) is 0 Å². The van der Waals surface area contributed by atoms with Crippen LogP contribution in [-0.2, 0) is 4.79 Å². The predicted octanol–water partition coefficient (Wildman–Crippen LogP) is 5.12. The zero-order valence-electron chi connectivity index (χ0n) is 12.7. The van der Waals surface area contributed by atoms with Crippen molar-refractivity contribution in [2.45, 2.75) is 79.1 Å². The van der Waals surface area contributed by atoms with Crippen molar-refractivity contribution in [3.8, 4) is 0 Å². The van der Waals surface area contributed by atoms with E-state index < -0.39 is 5.97 Å². The van der Waals surface area contributed by atoms with Gasteiger partial charge in [-0.05, 0) is 24.7 Å². The second-order valence-electron chi connectivity index (χ2n) is 6.05. The van der Waals surface area contributed by atoms with E-state index in [0.717, 1.165) is 12.8 Å². The van der Waals surface area contributed by atoms with E-state index in [1.807, 2.05) is 0 Å². The van der Waals surface area contributed by atoms with Gasteiger partial charge < -0.3 is 5.11 Å². The lowest BCUT2D eigenvalue weighted by molar-refractivity contribution is -0.143. The van der Waals surface area contributed by atoms with Crippen LogP contribution < -0.4 is 0 Å². The largest absolute Gasteiger partial charge is 0.481 e. The third-order valence-corrected chi connectivity index (χ3v) is 3.64. The molecule has 0 aliphatic carbocycles. The first kappa shape index (κ1) is 17.5. The van der Waals surface area contributed by atoms with Crippen molar-refractivity contribution in [2.75, 3.05) is 0 Å².